The zero-order valence-corrected chi connectivity index (χ0v) is 9.63. The fourth-order valence-electron chi connectivity index (χ4n) is 1.47. The largest absolute Gasteiger partial charge is 0.330 e. The van der Waals surface area contributed by atoms with E-state index < -0.39 is 0 Å². The van der Waals surface area contributed by atoms with Crippen LogP contribution in [0.3, 0.4) is 0 Å². The smallest absolute Gasteiger partial charge is 0.254 e. The minimum atomic E-state index is -0.0379. The number of nitrogens with zero attached hydrogens (tertiary/aromatic N) is 1. The molecule has 0 unspecified atom stereocenters. The summed E-state index contributed by atoms with van der Waals surface area (Å²) in [4.78, 5) is 18.8. The molecule has 4 heteroatoms. The van der Waals surface area contributed by atoms with Crippen molar-refractivity contribution in [1.29, 1.82) is 0 Å². The van der Waals surface area contributed by atoms with Gasteiger partial charge in [0.25, 0.3) is 5.56 Å². The second-order valence-corrected chi connectivity index (χ2v) is 4.22. The molecule has 0 aliphatic rings. The van der Waals surface area contributed by atoms with Crippen LogP contribution >= 0.6 is 0 Å². The van der Waals surface area contributed by atoms with Gasteiger partial charge in [-0.25, -0.2) is 4.98 Å². The topological polar surface area (TPSA) is 71.8 Å². The Bertz CT molecular complexity index is 382. The average molecular weight is 209 g/mol. The lowest BCUT2D eigenvalue weighted by Gasteiger charge is -2.08. The van der Waals surface area contributed by atoms with Gasteiger partial charge >= 0.3 is 0 Å². The molecule has 15 heavy (non-hydrogen) atoms. The van der Waals surface area contributed by atoms with Gasteiger partial charge in [-0.1, -0.05) is 13.8 Å². The highest BCUT2D eigenvalue weighted by atomic mass is 16.1. The van der Waals surface area contributed by atoms with Crippen molar-refractivity contribution in [3.05, 3.63) is 27.4 Å². The molecule has 0 saturated carbocycles. The van der Waals surface area contributed by atoms with Crippen LogP contribution in [0, 0.1) is 12.8 Å². The van der Waals surface area contributed by atoms with Gasteiger partial charge in [0.1, 0.15) is 5.82 Å². The summed E-state index contributed by atoms with van der Waals surface area (Å²) in [6, 6.07) is 0. The molecule has 1 heterocycles. The summed E-state index contributed by atoms with van der Waals surface area (Å²) in [5.41, 5.74) is 7.03. The van der Waals surface area contributed by atoms with Gasteiger partial charge in [-0.05, 0) is 25.8 Å². The molecule has 84 valence electrons. The van der Waals surface area contributed by atoms with Crippen LogP contribution in [0.5, 0.6) is 0 Å². The summed E-state index contributed by atoms with van der Waals surface area (Å²) in [6.45, 7) is 6.55. The maximum atomic E-state index is 11.6. The molecule has 1 aromatic rings. The second-order valence-electron chi connectivity index (χ2n) is 4.22. The Hall–Kier alpha value is -1.16. The summed E-state index contributed by atoms with van der Waals surface area (Å²) in [5, 5.41) is 0. The number of aromatic nitrogens is 2. The summed E-state index contributed by atoms with van der Waals surface area (Å²) in [6.07, 6.45) is 1.47. The zero-order valence-electron chi connectivity index (χ0n) is 9.63. The first kappa shape index (κ1) is 11.9. The molecular weight excluding hydrogens is 190 g/mol. The number of rotatable bonds is 4. The molecule has 0 amide bonds. The number of aromatic amines is 1. The molecule has 0 fully saturated rings. The van der Waals surface area contributed by atoms with Crippen molar-refractivity contribution in [2.75, 3.05) is 6.54 Å². The Morgan fingerprint density at radius 2 is 2.13 bits per heavy atom. The lowest BCUT2D eigenvalue weighted by Crippen LogP contribution is -2.20. The third kappa shape index (κ3) is 3.16. The quantitative estimate of drug-likeness (QED) is 0.769. The van der Waals surface area contributed by atoms with E-state index in [4.69, 9.17) is 5.73 Å². The fraction of sp³-hybridized carbons (Fsp3) is 0.636. The maximum Gasteiger partial charge on any atom is 0.254 e. The number of hydrogen-bond acceptors (Lipinski definition) is 3. The molecule has 3 N–H and O–H groups in total. The summed E-state index contributed by atoms with van der Waals surface area (Å²) >= 11 is 0. The second kappa shape index (κ2) is 5.07. The first-order chi connectivity index (χ1) is 7.04. The van der Waals surface area contributed by atoms with Gasteiger partial charge in [-0.15, -0.1) is 0 Å². The molecule has 0 spiro atoms. The lowest BCUT2D eigenvalue weighted by molar-refractivity contribution is 0.624. The molecule has 0 radical (unpaired) electrons. The Kier molecular flexibility index (Phi) is 4.03. The van der Waals surface area contributed by atoms with Crippen LogP contribution < -0.4 is 11.3 Å². The van der Waals surface area contributed by atoms with Crippen molar-refractivity contribution in [3.63, 3.8) is 0 Å². The standard InChI is InChI=1S/C11H19N3O/c1-7(2)6-9-8(3)11(15)14-10(13-9)4-5-12/h7H,4-6,12H2,1-3H3,(H,13,14,15). The molecule has 0 aliphatic heterocycles. The van der Waals surface area contributed by atoms with Gasteiger partial charge in [-0.3, -0.25) is 4.79 Å². The summed E-state index contributed by atoms with van der Waals surface area (Å²) in [5.74, 6) is 1.20. The van der Waals surface area contributed by atoms with E-state index in [9.17, 15) is 4.79 Å². The Morgan fingerprint density at radius 3 is 2.67 bits per heavy atom. The molecule has 4 nitrogen and oxygen atoms in total. The van der Waals surface area contributed by atoms with E-state index in [1.165, 1.54) is 0 Å². The van der Waals surface area contributed by atoms with E-state index in [-0.39, 0.29) is 5.56 Å². The Balaban J connectivity index is 3.07. The number of nitrogens with two attached hydrogens (primary N) is 1. The minimum absolute atomic E-state index is 0.0379. The van der Waals surface area contributed by atoms with Crippen LogP contribution in [0.25, 0.3) is 0 Å². The number of nitrogens with one attached hydrogen (secondary N) is 1. The van der Waals surface area contributed by atoms with E-state index in [1.807, 2.05) is 6.92 Å². The van der Waals surface area contributed by atoms with Crippen LogP contribution in [0.1, 0.15) is 30.9 Å². The third-order valence-electron chi connectivity index (χ3n) is 2.28. The first-order valence-electron chi connectivity index (χ1n) is 5.33. The van der Waals surface area contributed by atoms with E-state index in [1.54, 1.807) is 0 Å². The van der Waals surface area contributed by atoms with E-state index in [0.717, 1.165) is 17.7 Å². The fourth-order valence-corrected chi connectivity index (χ4v) is 1.47. The lowest BCUT2D eigenvalue weighted by atomic mass is 10.0. The third-order valence-corrected chi connectivity index (χ3v) is 2.28. The number of hydrogen-bond donors (Lipinski definition) is 2. The SMILES string of the molecule is Cc1c(CC(C)C)nc(CCN)[nH]c1=O. The van der Waals surface area contributed by atoms with Gasteiger partial charge < -0.3 is 10.7 Å². The van der Waals surface area contributed by atoms with E-state index in [2.05, 4.69) is 23.8 Å². The molecule has 0 bridgehead atoms. The highest BCUT2D eigenvalue weighted by molar-refractivity contribution is 5.16. The van der Waals surface area contributed by atoms with Crippen LogP contribution in [0.2, 0.25) is 0 Å². The van der Waals surface area contributed by atoms with Crippen molar-refractivity contribution in [3.8, 4) is 0 Å². The van der Waals surface area contributed by atoms with Crippen LogP contribution in [-0.4, -0.2) is 16.5 Å². The predicted molar refractivity (Wildman–Crippen MR) is 60.9 cm³/mol. The van der Waals surface area contributed by atoms with Gasteiger partial charge in [-0.2, -0.15) is 0 Å². The van der Waals surface area contributed by atoms with Crippen molar-refractivity contribution in [2.24, 2.45) is 11.7 Å². The minimum Gasteiger partial charge on any atom is -0.330 e. The molecule has 0 saturated heterocycles. The molecule has 1 aromatic heterocycles. The van der Waals surface area contributed by atoms with Crippen molar-refractivity contribution in [1.82, 2.24) is 9.97 Å². The summed E-state index contributed by atoms with van der Waals surface area (Å²) in [7, 11) is 0. The zero-order chi connectivity index (χ0) is 11.4. The maximum absolute atomic E-state index is 11.6. The van der Waals surface area contributed by atoms with Crippen molar-refractivity contribution in [2.45, 2.75) is 33.6 Å². The molecule has 0 aromatic carbocycles. The van der Waals surface area contributed by atoms with Gasteiger partial charge in [0.2, 0.25) is 0 Å². The van der Waals surface area contributed by atoms with Crippen molar-refractivity contribution >= 4 is 0 Å². The van der Waals surface area contributed by atoms with Crippen LogP contribution in [0.15, 0.2) is 4.79 Å². The van der Waals surface area contributed by atoms with Crippen LogP contribution in [0.4, 0.5) is 0 Å². The number of H-pyrrole nitrogens is 1. The van der Waals surface area contributed by atoms with E-state index >= 15 is 0 Å². The highest BCUT2D eigenvalue weighted by Crippen LogP contribution is 2.07. The van der Waals surface area contributed by atoms with Gasteiger partial charge in [0, 0.05) is 12.0 Å². The average Bonchev–Trinajstić information content (AvgIpc) is 2.13. The Morgan fingerprint density at radius 1 is 1.47 bits per heavy atom. The first-order valence-corrected chi connectivity index (χ1v) is 5.33. The monoisotopic (exact) mass is 209 g/mol. The normalized spacial score (nSPS) is 11.0. The molecular formula is C11H19N3O. The predicted octanol–water partition coefficient (Wildman–Crippen LogP) is 0.778. The van der Waals surface area contributed by atoms with Crippen LogP contribution in [-0.2, 0) is 12.8 Å². The Labute approximate surface area is 89.9 Å². The van der Waals surface area contributed by atoms with E-state index in [0.29, 0.717) is 24.7 Å². The van der Waals surface area contributed by atoms with Gasteiger partial charge in [0.15, 0.2) is 0 Å². The molecule has 0 atom stereocenters. The van der Waals surface area contributed by atoms with Gasteiger partial charge in [0.05, 0.1) is 5.69 Å². The van der Waals surface area contributed by atoms with Crippen molar-refractivity contribution < 1.29 is 0 Å². The highest BCUT2D eigenvalue weighted by Gasteiger charge is 2.08. The molecule has 0 aliphatic carbocycles. The molecule has 1 rings (SSSR count). The summed E-state index contributed by atoms with van der Waals surface area (Å²) < 4.78 is 0.